The fraction of sp³-hybridized carbons (Fsp3) is 0.160. The number of hydrogen-bond donors (Lipinski definition) is 2. The van der Waals surface area contributed by atoms with Crippen LogP contribution in [0.4, 0.5) is 5.69 Å². The van der Waals surface area contributed by atoms with Crippen molar-refractivity contribution in [3.05, 3.63) is 101 Å². The predicted octanol–water partition coefficient (Wildman–Crippen LogP) is 6.03. The summed E-state index contributed by atoms with van der Waals surface area (Å²) in [6.07, 6.45) is 4.28. The van der Waals surface area contributed by atoms with Gasteiger partial charge in [0.25, 0.3) is 0 Å². The first kappa shape index (κ1) is 21.5. The number of nitrogens with one attached hydrogen (secondary N) is 1. The van der Waals surface area contributed by atoms with Crippen LogP contribution in [0.2, 0.25) is 0 Å². The first-order valence-corrected chi connectivity index (χ1v) is 11.0. The molecule has 0 aromatic heterocycles. The smallest absolute Gasteiger partial charge is 0.188 e. The monoisotopic (exact) mass is 419 g/mol. The van der Waals surface area contributed by atoms with E-state index >= 15 is 0 Å². The average Bonchev–Trinajstić information content (AvgIpc) is 2.79. The maximum Gasteiger partial charge on any atom is 0.188 e. The van der Waals surface area contributed by atoms with Gasteiger partial charge in [-0.15, -0.1) is 11.8 Å². The van der Waals surface area contributed by atoms with Gasteiger partial charge in [0.1, 0.15) is 18.1 Å². The zero-order chi connectivity index (χ0) is 21.3. The summed E-state index contributed by atoms with van der Waals surface area (Å²) in [5, 5.41) is 13.7. The highest BCUT2D eigenvalue weighted by Gasteiger charge is 2.08. The Morgan fingerprint density at radius 3 is 2.47 bits per heavy atom. The van der Waals surface area contributed by atoms with Crippen molar-refractivity contribution in [2.45, 2.75) is 20.0 Å². The maximum absolute atomic E-state index is 12.7. The Morgan fingerprint density at radius 1 is 1.07 bits per heavy atom. The molecule has 0 fully saturated rings. The lowest BCUT2D eigenvalue weighted by atomic mass is 10.1. The molecular weight excluding hydrogens is 394 g/mol. The van der Waals surface area contributed by atoms with Crippen LogP contribution in [0.15, 0.2) is 83.9 Å². The van der Waals surface area contributed by atoms with Gasteiger partial charge in [0.05, 0.1) is 5.03 Å². The van der Waals surface area contributed by atoms with Crippen molar-refractivity contribution >= 4 is 23.2 Å². The second kappa shape index (κ2) is 10.6. The van der Waals surface area contributed by atoms with Crippen LogP contribution in [0, 0.1) is 0 Å². The molecule has 0 aliphatic heterocycles. The molecule has 5 heteroatoms. The number of rotatable bonds is 9. The Labute approximate surface area is 181 Å². The van der Waals surface area contributed by atoms with E-state index in [4.69, 9.17) is 4.74 Å². The highest BCUT2D eigenvalue weighted by molar-refractivity contribution is 8.02. The number of thioether (sulfide) groups is 1. The molecule has 0 aliphatic rings. The van der Waals surface area contributed by atoms with E-state index in [9.17, 15) is 9.90 Å². The molecule has 0 unspecified atom stereocenters. The molecule has 0 heterocycles. The average molecular weight is 420 g/mol. The number of phenols is 1. The molecule has 4 nitrogen and oxygen atoms in total. The van der Waals surface area contributed by atoms with Crippen LogP contribution in [-0.4, -0.2) is 17.1 Å². The van der Waals surface area contributed by atoms with Crippen molar-refractivity contribution in [2.24, 2.45) is 0 Å². The van der Waals surface area contributed by atoms with E-state index in [1.165, 1.54) is 11.8 Å². The van der Waals surface area contributed by atoms with Crippen molar-refractivity contribution in [1.29, 1.82) is 0 Å². The van der Waals surface area contributed by atoms with Crippen LogP contribution in [-0.2, 0) is 13.0 Å². The zero-order valence-electron chi connectivity index (χ0n) is 17.1. The molecule has 30 heavy (non-hydrogen) atoms. The molecule has 3 rings (SSSR count). The predicted molar refractivity (Wildman–Crippen MR) is 124 cm³/mol. The van der Waals surface area contributed by atoms with E-state index < -0.39 is 0 Å². The molecule has 3 aromatic carbocycles. The summed E-state index contributed by atoms with van der Waals surface area (Å²) in [5.74, 6) is 0.871. The largest absolute Gasteiger partial charge is 0.508 e. The lowest BCUT2D eigenvalue weighted by Crippen LogP contribution is -2.03. The van der Waals surface area contributed by atoms with Crippen molar-refractivity contribution in [1.82, 2.24) is 0 Å². The molecule has 0 saturated heterocycles. The maximum atomic E-state index is 12.7. The van der Waals surface area contributed by atoms with Crippen LogP contribution in [0.5, 0.6) is 11.5 Å². The quantitative estimate of drug-likeness (QED) is 0.252. The third-order valence-electron chi connectivity index (χ3n) is 4.60. The Bertz CT molecular complexity index is 1010. The number of carbonyl (C=O) groups is 1. The van der Waals surface area contributed by atoms with Gasteiger partial charge in [0.2, 0.25) is 0 Å². The minimum atomic E-state index is -0.0849. The molecule has 0 radical (unpaired) electrons. The number of aromatic hydroxyl groups is 1. The van der Waals surface area contributed by atoms with Gasteiger partial charge >= 0.3 is 0 Å². The summed E-state index contributed by atoms with van der Waals surface area (Å²) in [4.78, 5) is 12.7. The molecule has 0 atom stereocenters. The fourth-order valence-electron chi connectivity index (χ4n) is 2.93. The van der Waals surface area contributed by atoms with E-state index in [-0.39, 0.29) is 11.5 Å². The van der Waals surface area contributed by atoms with E-state index in [1.807, 2.05) is 61.7 Å². The van der Waals surface area contributed by atoms with Crippen molar-refractivity contribution in [3.8, 4) is 11.5 Å². The van der Waals surface area contributed by atoms with E-state index in [1.54, 1.807) is 30.3 Å². The molecule has 0 spiro atoms. The van der Waals surface area contributed by atoms with Crippen molar-refractivity contribution < 1.29 is 14.6 Å². The van der Waals surface area contributed by atoms with E-state index in [2.05, 4.69) is 5.32 Å². The third kappa shape index (κ3) is 5.91. The summed E-state index contributed by atoms with van der Waals surface area (Å²) in [6.45, 7) is 2.51. The molecule has 3 aromatic rings. The number of carbonyl (C=O) groups excluding carboxylic acids is 1. The van der Waals surface area contributed by atoms with Gasteiger partial charge in [0, 0.05) is 17.3 Å². The first-order valence-electron chi connectivity index (χ1n) is 9.74. The normalized spacial score (nSPS) is 11.2. The van der Waals surface area contributed by atoms with Crippen LogP contribution in [0.25, 0.3) is 0 Å². The third-order valence-corrected chi connectivity index (χ3v) is 5.26. The lowest BCUT2D eigenvalue weighted by molar-refractivity contribution is 0.104. The number of ketones is 1. The Morgan fingerprint density at radius 2 is 1.80 bits per heavy atom. The molecule has 0 saturated carbocycles. The molecule has 2 N–H and O–H groups in total. The standard InChI is InChI=1S/C25H25NO3S/c1-3-19-15-21(27)11-14-23(19)26-25(30-2)16-24(28)20-9-12-22(13-10-20)29-17-18-7-5-4-6-8-18/h4-16,26-27H,3,17H2,1-2H3/b25-16-. The van der Waals surface area contributed by atoms with E-state index in [0.717, 1.165) is 34.0 Å². The summed E-state index contributed by atoms with van der Waals surface area (Å²) < 4.78 is 5.78. The van der Waals surface area contributed by atoms with Crippen LogP contribution in [0.3, 0.4) is 0 Å². The molecule has 0 bridgehead atoms. The second-order valence-electron chi connectivity index (χ2n) is 6.70. The Balaban J connectivity index is 1.66. The van der Waals surface area contributed by atoms with Crippen LogP contribution in [0.1, 0.15) is 28.4 Å². The van der Waals surface area contributed by atoms with Crippen molar-refractivity contribution in [2.75, 3.05) is 11.6 Å². The van der Waals surface area contributed by atoms with Gasteiger partial charge in [-0.05, 0) is 66.3 Å². The van der Waals surface area contributed by atoms with E-state index in [0.29, 0.717) is 12.2 Å². The zero-order valence-corrected chi connectivity index (χ0v) is 17.9. The van der Waals surface area contributed by atoms with Gasteiger partial charge in [0.15, 0.2) is 5.78 Å². The van der Waals surface area contributed by atoms with Gasteiger partial charge in [-0.3, -0.25) is 4.79 Å². The molecule has 0 aliphatic carbocycles. The summed E-state index contributed by atoms with van der Waals surface area (Å²) in [6, 6.07) is 22.3. The van der Waals surface area contributed by atoms with Gasteiger partial charge in [-0.25, -0.2) is 0 Å². The highest BCUT2D eigenvalue weighted by Crippen LogP contribution is 2.26. The molecule has 154 valence electrons. The fourth-order valence-corrected chi connectivity index (χ4v) is 3.37. The number of phenolic OH excluding ortho intramolecular Hbond substituents is 1. The Kier molecular flexibility index (Phi) is 7.57. The number of aryl methyl sites for hydroxylation is 1. The van der Waals surface area contributed by atoms with Crippen molar-refractivity contribution in [3.63, 3.8) is 0 Å². The summed E-state index contributed by atoms with van der Waals surface area (Å²) in [5.41, 5.74) is 3.56. The molecular formula is C25H25NO3S. The van der Waals surface area contributed by atoms with Crippen LogP contribution < -0.4 is 10.1 Å². The summed E-state index contributed by atoms with van der Waals surface area (Å²) in [7, 11) is 0. The number of anilines is 1. The Hall–Kier alpha value is -3.18. The van der Waals surface area contributed by atoms with Crippen LogP contribution >= 0.6 is 11.8 Å². The second-order valence-corrected chi connectivity index (χ2v) is 7.54. The summed E-state index contributed by atoms with van der Waals surface area (Å²) >= 11 is 1.46. The molecule has 0 amide bonds. The first-order chi connectivity index (χ1) is 14.6. The minimum absolute atomic E-state index is 0.0849. The van der Waals surface area contributed by atoms with Gasteiger partial charge in [-0.1, -0.05) is 37.3 Å². The highest BCUT2D eigenvalue weighted by atomic mass is 32.2. The number of hydrogen-bond acceptors (Lipinski definition) is 5. The number of allylic oxidation sites excluding steroid dienone is 1. The lowest BCUT2D eigenvalue weighted by Gasteiger charge is -2.13. The number of ether oxygens (including phenoxy) is 1. The van der Waals surface area contributed by atoms with Gasteiger partial charge in [-0.2, -0.15) is 0 Å². The SMILES string of the molecule is CCc1cc(O)ccc1N/C(=C/C(=O)c1ccc(OCc2ccccc2)cc1)SC. The topological polar surface area (TPSA) is 58.6 Å². The van der Waals surface area contributed by atoms with Gasteiger partial charge < -0.3 is 15.2 Å². The number of benzene rings is 3. The minimum Gasteiger partial charge on any atom is -0.508 e.